The van der Waals surface area contributed by atoms with Gasteiger partial charge in [0.05, 0.1) is 17.3 Å². The average molecular weight is 1130 g/mol. The highest BCUT2D eigenvalue weighted by Crippen LogP contribution is 2.68. The van der Waals surface area contributed by atoms with E-state index in [-0.39, 0.29) is 78.4 Å². The number of Topliss-reactive ketones (excluding diaryl/α,β-unsaturated/α-hetero) is 1. The number of benzene rings is 2. The lowest BCUT2D eigenvalue weighted by Gasteiger charge is -2.28. The zero-order valence-electron chi connectivity index (χ0n) is 44.0. The Balaban J connectivity index is 0.000000263. The first-order chi connectivity index (χ1) is 35.8. The Morgan fingerprint density at radius 1 is 0.974 bits per heavy atom. The van der Waals surface area contributed by atoms with E-state index in [9.17, 15) is 48.9 Å². The van der Waals surface area contributed by atoms with Crippen molar-refractivity contribution in [2.75, 3.05) is 26.2 Å². The molecule has 0 aliphatic heterocycles. The second kappa shape index (κ2) is 27.2. The summed E-state index contributed by atoms with van der Waals surface area (Å²) in [5.41, 5.74) is 1.66. The monoisotopic (exact) mass is 1130 g/mol. The van der Waals surface area contributed by atoms with Gasteiger partial charge in [0.15, 0.2) is 11.4 Å². The molecule has 3 heterocycles. The van der Waals surface area contributed by atoms with Crippen molar-refractivity contribution in [3.8, 4) is 5.69 Å². The van der Waals surface area contributed by atoms with Gasteiger partial charge in [-0.05, 0) is 99.7 Å². The molecule has 416 valence electrons. The summed E-state index contributed by atoms with van der Waals surface area (Å²) in [5, 5.41) is 11.9. The van der Waals surface area contributed by atoms with E-state index >= 15 is 0 Å². The lowest BCUT2D eigenvalue weighted by atomic mass is 9.84. The Hall–Kier alpha value is -4.85. The molecule has 2 saturated carbocycles. The van der Waals surface area contributed by atoms with Crippen molar-refractivity contribution >= 4 is 57.0 Å². The predicted molar refractivity (Wildman–Crippen MR) is 284 cm³/mol. The van der Waals surface area contributed by atoms with Crippen LogP contribution in [0.1, 0.15) is 168 Å². The van der Waals surface area contributed by atoms with Gasteiger partial charge in [-0.15, -0.1) is 0 Å². The van der Waals surface area contributed by atoms with Gasteiger partial charge in [-0.1, -0.05) is 81.3 Å². The van der Waals surface area contributed by atoms with Gasteiger partial charge in [-0.3, -0.25) is 23.0 Å². The van der Waals surface area contributed by atoms with Crippen molar-refractivity contribution in [1.82, 2.24) is 24.3 Å². The van der Waals surface area contributed by atoms with Crippen LogP contribution in [0.5, 0.6) is 0 Å². The highest BCUT2D eigenvalue weighted by atomic mass is 35.5. The molecular formula is C55H66Cl2F8N6O4S. The number of hydrogen-bond donors (Lipinski definition) is 1. The van der Waals surface area contributed by atoms with Crippen molar-refractivity contribution in [2.24, 2.45) is 5.92 Å². The number of carbonyl (C=O) groups excluding carboxylic acids is 1. The summed E-state index contributed by atoms with van der Waals surface area (Å²) in [6.45, 7) is 9.96. The standard InChI is InChI=1S/C32H26Cl2F4N4O.C11H10F4N2O.C7H16O.C3H8.C2H6OS/c1-16-23(15-39)24(33)4-5-27(16)42-30(22(18-2-3-18)12-17-10-20(35)13-21(36)11-17)41-29-28(31(42)43)25(34)14-26(40-29)19-6-8-32(37,38)9-7-19;1-4(18)3-17-9-7(8(16-17)10(12)13)5-2-6(5)11(9,14)15;1-3-4-5-6-7-8-2;1-3-2;1-4(2)3/h2,4-5,10-11,13-15,19,22,39H,3,6-9,12H2,1H3;5-6,10H,2-3H2,1H3;3-7H2,1-2H3;3H2,1-2H3;1-2H3. The van der Waals surface area contributed by atoms with Gasteiger partial charge < -0.3 is 10.1 Å². The van der Waals surface area contributed by atoms with Crippen molar-refractivity contribution < 1.29 is 48.9 Å². The molecule has 0 bridgehead atoms. The van der Waals surface area contributed by atoms with Crippen LogP contribution in [-0.2, 0) is 39.2 Å². The van der Waals surface area contributed by atoms with Crippen LogP contribution < -0.4 is 5.56 Å². The maximum absolute atomic E-state index is 14.4. The van der Waals surface area contributed by atoms with Gasteiger partial charge in [0.25, 0.3) is 17.9 Å². The Morgan fingerprint density at radius 2 is 1.59 bits per heavy atom. The van der Waals surface area contributed by atoms with Crippen molar-refractivity contribution in [3.63, 3.8) is 0 Å². The number of aromatic nitrogens is 5. The molecule has 0 radical (unpaired) electrons. The summed E-state index contributed by atoms with van der Waals surface area (Å²) >= 11 is 13.0. The van der Waals surface area contributed by atoms with Crippen LogP contribution in [0.3, 0.4) is 0 Å². The van der Waals surface area contributed by atoms with E-state index in [1.807, 2.05) is 6.08 Å². The normalized spacial score (nSPS) is 17.9. The smallest absolute Gasteiger partial charge is 0.293 e. The van der Waals surface area contributed by atoms with Crippen molar-refractivity contribution in [2.45, 2.75) is 154 Å². The summed E-state index contributed by atoms with van der Waals surface area (Å²) in [7, 11) is 1.14. The van der Waals surface area contributed by atoms with Crippen LogP contribution in [0.25, 0.3) is 16.7 Å². The molecule has 3 unspecified atom stereocenters. The van der Waals surface area contributed by atoms with Crippen LogP contribution in [0.4, 0.5) is 35.1 Å². The van der Waals surface area contributed by atoms with Crippen LogP contribution >= 0.6 is 23.2 Å². The number of fused-ring (bicyclic) bond motifs is 4. The van der Waals surface area contributed by atoms with Crippen molar-refractivity contribution in [3.05, 3.63) is 125 Å². The molecule has 21 heteroatoms. The number of allylic oxidation sites excluding steroid dienone is 2. The third-order valence-corrected chi connectivity index (χ3v) is 13.7. The Bertz CT molecular complexity index is 2950. The first-order valence-electron chi connectivity index (χ1n) is 25.3. The number of ketones is 1. The molecule has 4 aliphatic carbocycles. The quantitative estimate of drug-likeness (QED) is 0.0478. The Morgan fingerprint density at radius 3 is 2.13 bits per heavy atom. The van der Waals surface area contributed by atoms with Gasteiger partial charge in [0.1, 0.15) is 34.2 Å². The third-order valence-electron chi connectivity index (χ3n) is 13.1. The molecule has 9 rings (SSSR count). The van der Waals surface area contributed by atoms with E-state index in [1.54, 1.807) is 44.7 Å². The predicted octanol–water partition coefficient (Wildman–Crippen LogP) is 14.9. The van der Waals surface area contributed by atoms with E-state index in [0.717, 1.165) is 29.1 Å². The molecule has 2 fully saturated rings. The average Bonchev–Trinajstić information content (AvgIpc) is 4.27. The third kappa shape index (κ3) is 15.5. The zero-order chi connectivity index (χ0) is 56.4. The molecule has 5 aromatic rings. The number of nitrogens with one attached hydrogen (secondary N) is 1. The highest BCUT2D eigenvalue weighted by molar-refractivity contribution is 7.83. The van der Waals surface area contributed by atoms with Crippen LogP contribution in [0.2, 0.25) is 10.0 Å². The van der Waals surface area contributed by atoms with Gasteiger partial charge in [0.2, 0.25) is 5.92 Å². The number of halogens is 10. The lowest BCUT2D eigenvalue weighted by molar-refractivity contribution is -0.118. The largest absolute Gasteiger partial charge is 0.385 e. The fourth-order valence-corrected chi connectivity index (χ4v) is 9.98. The van der Waals surface area contributed by atoms with Crippen LogP contribution in [-0.4, -0.2) is 72.7 Å². The van der Waals surface area contributed by atoms with Crippen molar-refractivity contribution in [1.29, 1.82) is 5.41 Å². The molecule has 0 saturated heterocycles. The van der Waals surface area contributed by atoms with E-state index < -0.39 is 81.2 Å². The number of nitrogens with zero attached hydrogens (tertiary/aromatic N) is 5. The summed E-state index contributed by atoms with van der Waals surface area (Å²) in [6.07, 6.45) is 10.8. The highest BCUT2D eigenvalue weighted by Gasteiger charge is 2.67. The molecular weight excluding hydrogens is 1060 g/mol. The molecule has 3 aromatic heterocycles. The van der Waals surface area contributed by atoms with Crippen LogP contribution in [0, 0.1) is 29.9 Å². The minimum Gasteiger partial charge on any atom is -0.385 e. The number of methoxy groups -OCH3 is 1. The fourth-order valence-electron chi connectivity index (χ4n) is 9.44. The Kier molecular flexibility index (Phi) is 22.1. The molecule has 76 heavy (non-hydrogen) atoms. The first-order valence-corrected chi connectivity index (χ1v) is 28.0. The van der Waals surface area contributed by atoms with Gasteiger partial charge in [0, 0.05) is 102 Å². The van der Waals surface area contributed by atoms with E-state index in [1.165, 1.54) is 55.7 Å². The summed E-state index contributed by atoms with van der Waals surface area (Å²) in [6, 6.07) is 8.08. The maximum Gasteiger partial charge on any atom is 0.293 e. The van der Waals surface area contributed by atoms with Crippen LogP contribution in [0.15, 0.2) is 52.8 Å². The molecule has 2 aromatic carbocycles. The van der Waals surface area contributed by atoms with Gasteiger partial charge in [-0.25, -0.2) is 36.3 Å². The Labute approximate surface area is 451 Å². The molecule has 0 spiro atoms. The van der Waals surface area contributed by atoms with Gasteiger partial charge >= 0.3 is 0 Å². The minimum atomic E-state index is -3.14. The number of alkyl halides is 6. The number of rotatable bonds is 15. The molecule has 3 atom stereocenters. The minimum absolute atomic E-state index is 0.0266. The summed E-state index contributed by atoms with van der Waals surface area (Å²) in [5.74, 6) is -9.62. The summed E-state index contributed by atoms with van der Waals surface area (Å²) < 4.78 is 126. The molecule has 4 aliphatic rings. The van der Waals surface area contributed by atoms with E-state index in [4.69, 9.17) is 38.3 Å². The molecule has 1 N–H and O–H groups in total. The zero-order valence-corrected chi connectivity index (χ0v) is 46.3. The number of hydrogen-bond acceptors (Lipinski definition) is 8. The second-order valence-electron chi connectivity index (χ2n) is 19.6. The van der Waals surface area contributed by atoms with E-state index in [2.05, 4.69) is 30.9 Å². The van der Waals surface area contributed by atoms with E-state index in [0.29, 0.717) is 39.5 Å². The maximum atomic E-state index is 14.4. The SMILES string of the molecule is CC(=O)Cn1nc(C(F)F)c2c1C(F)(F)C1CC21.CCC.CCCCCCOC.CS(C)=O.Cc1c(-n2c(C(Cc3cc(F)cc(F)c3)C3=CC3)nc3nc(C4CCC(F)(F)CC4)cc(Cl)c3c2=O)ccc(Cl)c1C=N. The fraction of sp³-hybridized carbons (Fsp3) is 0.527. The topological polar surface area (TPSA) is 133 Å². The molecule has 10 nitrogen and oxygen atoms in total. The molecule has 0 amide bonds. The number of pyridine rings is 1. The number of unbranched alkanes of at least 4 members (excludes halogenated alkanes) is 3. The number of ether oxygens (including phenoxy) is 1. The lowest BCUT2D eigenvalue weighted by Crippen LogP contribution is -2.28. The number of carbonyl (C=O) groups is 1. The van der Waals surface area contributed by atoms with Gasteiger partial charge in [-0.2, -0.15) is 13.9 Å². The first kappa shape index (κ1) is 62.0. The summed E-state index contributed by atoms with van der Waals surface area (Å²) in [4.78, 5) is 34.9. The second-order valence-corrected chi connectivity index (χ2v) is 21.9.